The number of nitrogens with zero attached hydrogens (tertiary/aromatic N) is 12. The highest BCUT2D eigenvalue weighted by Gasteiger charge is 2.37. The van der Waals surface area contributed by atoms with Crippen LogP contribution in [-0.2, 0) is 38.9 Å². The Balaban J connectivity index is 0.000000154. The van der Waals surface area contributed by atoms with Crippen LogP contribution in [0.1, 0.15) is 197 Å². The van der Waals surface area contributed by atoms with Gasteiger partial charge in [-0.15, -0.1) is 21.5 Å². The third-order valence-corrected chi connectivity index (χ3v) is 25.6. The van der Waals surface area contributed by atoms with Gasteiger partial charge in [0.2, 0.25) is 31.3 Å². The molecule has 14 aromatic rings. The highest BCUT2D eigenvalue weighted by molar-refractivity contribution is 7.91. The van der Waals surface area contributed by atoms with Gasteiger partial charge in [-0.1, -0.05) is 31.2 Å². The zero-order valence-corrected chi connectivity index (χ0v) is 79.3. The van der Waals surface area contributed by atoms with Crippen LogP contribution in [0.4, 0.5) is 17.6 Å². The molecule has 6 aromatic heterocycles. The first kappa shape index (κ1) is 99.6. The number of aryl methyl sites for hydroxylation is 2. The number of ketones is 2. The molecule has 6 atom stereocenters. The number of aliphatic hydroxyl groups is 1. The molecule has 0 radical (unpaired) electrons. The van der Waals surface area contributed by atoms with Crippen molar-refractivity contribution in [1.29, 1.82) is 0 Å². The maximum absolute atomic E-state index is 13.5. The van der Waals surface area contributed by atoms with Crippen LogP contribution >= 0.6 is 11.3 Å². The topological polar surface area (TPSA) is 387 Å². The van der Waals surface area contributed by atoms with Crippen LogP contribution in [-0.4, -0.2) is 162 Å². The molecule has 2 aliphatic heterocycles. The minimum absolute atomic E-state index is 0.0539. The van der Waals surface area contributed by atoms with Crippen molar-refractivity contribution >= 4 is 94.6 Å². The quantitative estimate of drug-likeness (QED) is 0.0240. The van der Waals surface area contributed by atoms with Crippen molar-refractivity contribution in [2.45, 2.75) is 197 Å². The molecule has 2 aliphatic rings. The Kier molecular flexibility index (Phi) is 30.7. The van der Waals surface area contributed by atoms with Crippen molar-refractivity contribution in [3.63, 3.8) is 0 Å². The predicted molar refractivity (Wildman–Crippen MR) is 509 cm³/mol. The Morgan fingerprint density at radius 2 is 0.882 bits per heavy atom. The summed E-state index contributed by atoms with van der Waals surface area (Å²) in [4.78, 5) is 117. The smallest absolute Gasteiger partial charge is 0.334 e. The highest BCUT2D eigenvalue weighted by atomic mass is 32.2. The van der Waals surface area contributed by atoms with Crippen molar-refractivity contribution in [3.8, 4) is 45.7 Å². The Morgan fingerprint density at radius 1 is 0.507 bits per heavy atom. The summed E-state index contributed by atoms with van der Waals surface area (Å²) >= 11 is 1.39. The summed E-state index contributed by atoms with van der Waals surface area (Å²) in [6.45, 7) is 25.6. The van der Waals surface area contributed by atoms with E-state index in [9.17, 15) is 74.2 Å². The molecule has 5 unspecified atom stereocenters. The van der Waals surface area contributed by atoms with Gasteiger partial charge in [0.15, 0.2) is 11.6 Å². The van der Waals surface area contributed by atoms with Crippen molar-refractivity contribution < 1.29 is 78.7 Å². The molecule has 3 amide bonds. The van der Waals surface area contributed by atoms with Crippen LogP contribution in [0.2, 0.25) is 0 Å². The molecule has 136 heavy (non-hydrogen) atoms. The maximum atomic E-state index is 13.5. The number of rotatable bonds is 30. The van der Waals surface area contributed by atoms with E-state index < -0.39 is 63.9 Å². The first-order valence-electron chi connectivity index (χ1n) is 44.5. The molecular weight excluding hydrogens is 1800 g/mol. The monoisotopic (exact) mass is 1910 g/mol. The second-order valence-corrected chi connectivity index (χ2v) is 38.3. The fourth-order valence-corrected chi connectivity index (χ4v) is 18.9. The van der Waals surface area contributed by atoms with Crippen LogP contribution in [0.15, 0.2) is 201 Å². The average Bonchev–Trinajstić information content (AvgIpc) is 1.61. The molecule has 0 saturated carbocycles. The summed E-state index contributed by atoms with van der Waals surface area (Å²) in [5.41, 5.74) is 11.8. The van der Waals surface area contributed by atoms with Gasteiger partial charge in [-0.25, -0.2) is 45.2 Å². The van der Waals surface area contributed by atoms with Gasteiger partial charge < -0.3 is 45.2 Å². The fraction of sp³-hybridized carbons (Fsp3) is 0.367. The zero-order chi connectivity index (χ0) is 98.3. The lowest BCUT2D eigenvalue weighted by atomic mass is 9.78. The van der Waals surface area contributed by atoms with E-state index in [4.69, 9.17) is 29.4 Å². The Labute approximate surface area is 783 Å². The van der Waals surface area contributed by atoms with Gasteiger partial charge in [0, 0.05) is 143 Å². The maximum Gasteiger partial charge on any atom is 0.334 e. The number of nitrogens with two attached hydrogens (primary N) is 1. The molecule has 718 valence electrons. The van der Waals surface area contributed by atoms with Crippen LogP contribution in [0, 0.1) is 12.3 Å². The van der Waals surface area contributed by atoms with E-state index in [0.717, 1.165) is 17.1 Å². The number of alkyl halides is 4. The Bertz CT molecular complexity index is 7170. The van der Waals surface area contributed by atoms with Crippen LogP contribution in [0.3, 0.4) is 0 Å². The van der Waals surface area contributed by atoms with Gasteiger partial charge in [-0.3, -0.25) is 65.2 Å². The van der Waals surface area contributed by atoms with Crippen molar-refractivity contribution in [2.24, 2.45) is 11.1 Å². The molecule has 16 rings (SSSR count). The number of imidazole rings is 4. The molecule has 38 heteroatoms. The largest absolute Gasteiger partial charge is 0.461 e. The number of Topliss-reactive ketones (excluding diaryl/α,β-unsaturated/α-hetero) is 2. The number of ether oxygens (including phenoxy) is 5. The SMILES string of the molecule is CC(F)Oc1cccc(-n2c(=O)n(C(C)C)c3cc(C(=O)NCC4(O)CCOC4)ccc32)c1.CC(F)Oc1cccc(-n2c(=O)n([C@H](C)C(N)=O)c3cc(C(=O)CC4(C)CCS(=O)(=O)CC4)ccc32)c1.CCn1cc(CNC(=O)c2ccc3c(c2)n(C(C)C)c(=O)n3-c2cccc(OC(C)F)c2)cn1.Cc1nnc(CC(=O)c2ccc3c(c2)n(C(C)C)c(=O)n3-c2cccc(OC(C)F)c2)s1. The van der Waals surface area contributed by atoms with E-state index in [-0.39, 0.29) is 102 Å². The van der Waals surface area contributed by atoms with Gasteiger partial charge in [0.25, 0.3) is 11.8 Å². The number of fused-ring (bicyclic) bond motifs is 4. The summed E-state index contributed by atoms with van der Waals surface area (Å²) in [5.74, 6) is -0.299. The molecule has 32 nitrogen and oxygen atoms in total. The van der Waals surface area contributed by atoms with Crippen LogP contribution in [0.25, 0.3) is 66.9 Å². The van der Waals surface area contributed by atoms with Crippen molar-refractivity contribution in [2.75, 3.05) is 31.3 Å². The molecule has 2 fully saturated rings. The molecule has 0 bridgehead atoms. The van der Waals surface area contributed by atoms with E-state index in [1.54, 1.807) is 198 Å². The minimum Gasteiger partial charge on any atom is -0.461 e. The summed E-state index contributed by atoms with van der Waals surface area (Å²) in [7, 11) is -3.07. The normalized spacial score (nSPS) is 15.6. The minimum atomic E-state index is -3.07. The summed E-state index contributed by atoms with van der Waals surface area (Å²) in [6, 6.07) is 45.2. The van der Waals surface area contributed by atoms with Crippen molar-refractivity contribution in [3.05, 3.63) is 262 Å². The molecule has 8 aromatic carbocycles. The first-order chi connectivity index (χ1) is 64.5. The number of carbonyl (C=O) groups is 5. The number of benzene rings is 8. The van der Waals surface area contributed by atoms with E-state index in [1.165, 1.54) is 65.7 Å². The number of halogens is 4. The second-order valence-electron chi connectivity index (χ2n) is 34.7. The molecule has 2 saturated heterocycles. The number of carbonyl (C=O) groups excluding carboxylic acids is 5. The van der Waals surface area contributed by atoms with Gasteiger partial charge in [-0.2, -0.15) is 5.10 Å². The lowest BCUT2D eigenvalue weighted by molar-refractivity contribution is -0.120. The van der Waals surface area contributed by atoms with Gasteiger partial charge >= 0.3 is 22.8 Å². The molecule has 0 aliphatic carbocycles. The van der Waals surface area contributed by atoms with E-state index in [2.05, 4.69) is 25.9 Å². The number of nitrogens with one attached hydrogen (secondary N) is 2. The second kappa shape index (κ2) is 42.0. The number of primary amides is 1. The van der Waals surface area contributed by atoms with Gasteiger partial charge in [-0.05, 0) is 202 Å². The van der Waals surface area contributed by atoms with E-state index in [1.807, 2.05) is 68.5 Å². The number of sulfone groups is 1. The molecular formula is C98H109F4N15O17S2. The van der Waals surface area contributed by atoms with Crippen LogP contribution in [0.5, 0.6) is 23.0 Å². The molecule has 8 heterocycles. The molecule has 0 spiro atoms. The van der Waals surface area contributed by atoms with Crippen molar-refractivity contribution in [1.82, 2.24) is 67.1 Å². The van der Waals surface area contributed by atoms with Gasteiger partial charge in [0.05, 0.1) is 97.6 Å². The van der Waals surface area contributed by atoms with E-state index in [0.29, 0.717) is 144 Å². The molecule has 5 N–H and O–H groups in total. The zero-order valence-electron chi connectivity index (χ0n) is 77.7. The lowest BCUT2D eigenvalue weighted by Crippen LogP contribution is -2.43. The van der Waals surface area contributed by atoms with E-state index >= 15 is 0 Å². The highest BCUT2D eigenvalue weighted by Crippen LogP contribution is 2.38. The lowest BCUT2D eigenvalue weighted by Gasteiger charge is -2.32. The summed E-state index contributed by atoms with van der Waals surface area (Å²) in [5, 5.41) is 29.7. The Hall–Kier alpha value is -13.9. The summed E-state index contributed by atoms with van der Waals surface area (Å²) < 4.78 is 117. The standard InChI is InChI=1S/C26H30FN3O6S.C25H28FN5O3.C24H28FN3O5.C23H23FN4O3S/c1-16(24(28)32)29-22-13-18(23(31)15-26(3)9-11-37(34,35)12-10-26)7-8-21(22)30(25(29)33)19-5-4-6-20(14-19)36-17(2)27;1-5-29-15-18(14-28-29)13-27-24(32)19-9-10-22-23(11-19)30(16(2)3)25(33)31(22)20-7-6-8-21(12-20)34-17(4)26;1-15(2)27-21-11-17(22(29)26-13-24(31)9-10-32-14-24)7-8-20(21)28(23(27)30)18-5-4-6-19(12-18)33-16(3)25;1-13(2)27-20-10-16(21(29)12-22-26-25-15(4)32-22)8-9-19(20)28(23(27)30)17-6-5-7-18(11-17)31-14(3)24/h4-8,13-14,16-17H,9-12,15H2,1-3H3,(H2,28,32);6-12,14-17H,5,13H2,1-4H3,(H,27,32);4-8,11-12,15-16,31H,9-10,13-14H2,1-3H3,(H,26,29);5-11,13-14H,12H2,1-4H3/t16-,17?;;;/m1.../s1. The number of aromatic nitrogens is 12. The third-order valence-electron chi connectivity index (χ3n) is 23.1. The predicted octanol–water partition coefficient (Wildman–Crippen LogP) is 15.1. The number of hydrogen-bond donors (Lipinski definition) is 4. The number of hydrogen-bond acceptors (Lipinski definition) is 21. The first-order valence-corrected chi connectivity index (χ1v) is 47.1. The third kappa shape index (κ3) is 22.9. The number of amides is 3. The Morgan fingerprint density at radius 3 is 1.24 bits per heavy atom. The summed E-state index contributed by atoms with van der Waals surface area (Å²) in [6.07, 6.45) is -0.774. The average molecular weight is 1910 g/mol. The van der Waals surface area contributed by atoms with Gasteiger partial charge in [0.1, 0.15) is 54.5 Å². The fourth-order valence-electron chi connectivity index (χ4n) is 16.4. The van der Waals surface area contributed by atoms with Crippen LogP contribution < -0.4 is 58.1 Å².